The van der Waals surface area contributed by atoms with Crippen molar-refractivity contribution in [2.75, 3.05) is 7.11 Å². The molecule has 0 unspecified atom stereocenters. The first kappa shape index (κ1) is 10.4. The molecule has 0 spiro atoms. The van der Waals surface area contributed by atoms with Crippen molar-refractivity contribution < 1.29 is 4.74 Å². The zero-order valence-corrected chi connectivity index (χ0v) is 9.60. The number of H-pyrrole nitrogens is 1. The summed E-state index contributed by atoms with van der Waals surface area (Å²) in [5.41, 5.74) is 0. The molecule has 0 bridgehead atoms. The molecule has 0 fully saturated rings. The molecular weight excluding hydrogens is 232 g/mol. The molecule has 0 saturated carbocycles. The fourth-order valence-corrected chi connectivity index (χ4v) is 2.15. The van der Waals surface area contributed by atoms with Crippen molar-refractivity contribution in [3.05, 3.63) is 35.5 Å². The fourth-order valence-electron chi connectivity index (χ4n) is 1.14. The average Bonchev–Trinajstić information content (AvgIpc) is 2.73. The number of nitrogens with zero attached hydrogens (tertiary/aromatic N) is 1. The first-order chi connectivity index (χ1) is 7.29. The number of ether oxygens (including phenoxy) is 1. The van der Waals surface area contributed by atoms with Gasteiger partial charge < -0.3 is 4.74 Å². The second-order valence-electron chi connectivity index (χ2n) is 2.82. The van der Waals surface area contributed by atoms with Crippen molar-refractivity contribution in [2.24, 2.45) is 0 Å². The molecule has 3 nitrogen and oxygen atoms in total. The average molecular weight is 241 g/mol. The fraction of sp³-hybridized carbons (Fsp3) is 0.100. The maximum absolute atomic E-state index is 5.87. The number of benzene rings is 1. The van der Waals surface area contributed by atoms with Crippen LogP contribution in [0.25, 0.3) is 0 Å². The molecule has 1 aromatic heterocycles. The van der Waals surface area contributed by atoms with E-state index >= 15 is 0 Å². The summed E-state index contributed by atoms with van der Waals surface area (Å²) in [5, 5.41) is 8.39. The van der Waals surface area contributed by atoms with Gasteiger partial charge in [0.2, 0.25) is 0 Å². The van der Waals surface area contributed by atoms with Crippen molar-refractivity contribution >= 4 is 23.4 Å². The predicted molar refractivity (Wildman–Crippen MR) is 60.7 cm³/mol. The lowest BCUT2D eigenvalue weighted by Crippen LogP contribution is -1.86. The van der Waals surface area contributed by atoms with Gasteiger partial charge in [0.25, 0.3) is 0 Å². The Morgan fingerprint density at radius 2 is 2.27 bits per heavy atom. The van der Waals surface area contributed by atoms with E-state index in [-0.39, 0.29) is 0 Å². The van der Waals surface area contributed by atoms with Gasteiger partial charge in [-0.15, -0.1) is 0 Å². The smallest absolute Gasteiger partial charge is 0.134 e. The third-order valence-electron chi connectivity index (χ3n) is 1.82. The Hall–Kier alpha value is -1.13. The Labute approximate surface area is 96.8 Å². The van der Waals surface area contributed by atoms with E-state index in [1.54, 1.807) is 31.1 Å². The Kier molecular flexibility index (Phi) is 3.18. The normalized spacial score (nSPS) is 10.3. The number of aromatic nitrogens is 2. The van der Waals surface area contributed by atoms with E-state index in [0.717, 1.165) is 15.7 Å². The molecule has 0 aliphatic heterocycles. The number of halogens is 1. The summed E-state index contributed by atoms with van der Waals surface area (Å²) in [6.07, 6.45) is 1.71. The molecule has 0 saturated heterocycles. The number of hydrogen-bond donors (Lipinski definition) is 1. The van der Waals surface area contributed by atoms with Crippen LogP contribution in [-0.4, -0.2) is 17.3 Å². The minimum Gasteiger partial charge on any atom is -0.496 e. The molecule has 0 atom stereocenters. The maximum Gasteiger partial charge on any atom is 0.134 e. The highest BCUT2D eigenvalue weighted by Crippen LogP contribution is 2.35. The molecule has 78 valence electrons. The third-order valence-corrected chi connectivity index (χ3v) is 3.06. The molecule has 1 heterocycles. The van der Waals surface area contributed by atoms with Gasteiger partial charge in [-0.25, -0.2) is 0 Å². The van der Waals surface area contributed by atoms with E-state index in [1.165, 1.54) is 0 Å². The van der Waals surface area contributed by atoms with Crippen LogP contribution in [-0.2, 0) is 0 Å². The third kappa shape index (κ3) is 2.46. The minimum absolute atomic E-state index is 0.667. The lowest BCUT2D eigenvalue weighted by molar-refractivity contribution is 0.405. The zero-order valence-electron chi connectivity index (χ0n) is 8.03. The summed E-state index contributed by atoms with van der Waals surface area (Å²) in [5.74, 6) is 0.766. The summed E-state index contributed by atoms with van der Waals surface area (Å²) in [7, 11) is 1.63. The number of rotatable bonds is 3. The van der Waals surface area contributed by atoms with Gasteiger partial charge >= 0.3 is 0 Å². The van der Waals surface area contributed by atoms with E-state index < -0.39 is 0 Å². The summed E-state index contributed by atoms with van der Waals surface area (Å²) in [6, 6.07) is 7.45. The van der Waals surface area contributed by atoms with Crippen LogP contribution in [0.2, 0.25) is 5.02 Å². The minimum atomic E-state index is 0.667. The second kappa shape index (κ2) is 4.59. The van der Waals surface area contributed by atoms with Crippen molar-refractivity contribution in [1.82, 2.24) is 10.2 Å². The Morgan fingerprint density at radius 1 is 1.40 bits per heavy atom. The summed E-state index contributed by atoms with van der Waals surface area (Å²) in [4.78, 5) is 1.01. The Bertz CT molecular complexity index is 445. The van der Waals surface area contributed by atoms with Crippen LogP contribution < -0.4 is 4.74 Å². The second-order valence-corrected chi connectivity index (χ2v) is 4.34. The first-order valence-corrected chi connectivity index (χ1v) is 5.50. The number of methoxy groups -OCH3 is 1. The van der Waals surface area contributed by atoms with Crippen LogP contribution in [0.1, 0.15) is 0 Å². The van der Waals surface area contributed by atoms with Crippen LogP contribution >= 0.6 is 23.4 Å². The Balaban J connectivity index is 2.28. The lowest BCUT2D eigenvalue weighted by atomic mass is 10.3. The zero-order chi connectivity index (χ0) is 10.7. The number of nitrogens with one attached hydrogen (secondary N) is 1. The molecular formula is C10H9ClN2OS. The predicted octanol–water partition coefficient (Wildman–Crippen LogP) is 3.22. The molecule has 5 heteroatoms. The SMILES string of the molecule is COc1cc(Cl)ccc1Sc1ccn[nH]1. The summed E-state index contributed by atoms with van der Waals surface area (Å²) in [6.45, 7) is 0. The molecule has 1 N–H and O–H groups in total. The van der Waals surface area contributed by atoms with E-state index in [4.69, 9.17) is 16.3 Å². The van der Waals surface area contributed by atoms with E-state index in [9.17, 15) is 0 Å². The standard InChI is InChI=1S/C10H9ClN2OS/c1-14-8-6-7(11)2-3-9(8)15-10-4-5-12-13-10/h2-6H,1H3,(H,12,13). The topological polar surface area (TPSA) is 37.9 Å². The van der Waals surface area contributed by atoms with Crippen molar-refractivity contribution in [2.45, 2.75) is 9.92 Å². The largest absolute Gasteiger partial charge is 0.496 e. The quantitative estimate of drug-likeness (QED) is 0.895. The molecule has 2 rings (SSSR count). The monoisotopic (exact) mass is 240 g/mol. The van der Waals surface area contributed by atoms with E-state index in [2.05, 4.69) is 10.2 Å². The molecule has 0 amide bonds. The van der Waals surface area contributed by atoms with Crippen LogP contribution in [0, 0.1) is 0 Å². The van der Waals surface area contributed by atoms with Gasteiger partial charge in [-0.05, 0) is 24.3 Å². The maximum atomic E-state index is 5.87. The highest BCUT2D eigenvalue weighted by molar-refractivity contribution is 7.99. The van der Waals surface area contributed by atoms with Crippen LogP contribution in [0.15, 0.2) is 40.4 Å². The van der Waals surface area contributed by atoms with Gasteiger partial charge in [-0.2, -0.15) is 5.10 Å². The van der Waals surface area contributed by atoms with Gasteiger partial charge in [0.05, 0.1) is 17.0 Å². The van der Waals surface area contributed by atoms with E-state index in [1.807, 2.05) is 18.2 Å². The number of hydrogen-bond acceptors (Lipinski definition) is 3. The highest BCUT2D eigenvalue weighted by atomic mass is 35.5. The summed E-state index contributed by atoms with van der Waals surface area (Å²) >= 11 is 7.42. The van der Waals surface area contributed by atoms with Crippen LogP contribution in [0.4, 0.5) is 0 Å². The summed E-state index contributed by atoms with van der Waals surface area (Å²) < 4.78 is 5.24. The van der Waals surface area contributed by atoms with Crippen molar-refractivity contribution in [3.63, 3.8) is 0 Å². The highest BCUT2D eigenvalue weighted by Gasteiger charge is 2.06. The van der Waals surface area contributed by atoms with Gasteiger partial charge in [0.1, 0.15) is 5.75 Å². The van der Waals surface area contributed by atoms with Gasteiger partial charge in [0, 0.05) is 11.2 Å². The molecule has 0 radical (unpaired) electrons. The first-order valence-electron chi connectivity index (χ1n) is 4.30. The molecule has 0 aliphatic carbocycles. The molecule has 1 aromatic carbocycles. The molecule has 0 aliphatic rings. The van der Waals surface area contributed by atoms with Gasteiger partial charge in [-0.1, -0.05) is 23.4 Å². The molecule has 15 heavy (non-hydrogen) atoms. The van der Waals surface area contributed by atoms with Gasteiger partial charge in [-0.3, -0.25) is 5.10 Å². The van der Waals surface area contributed by atoms with Crippen molar-refractivity contribution in [1.29, 1.82) is 0 Å². The van der Waals surface area contributed by atoms with Crippen molar-refractivity contribution in [3.8, 4) is 5.75 Å². The number of aromatic amines is 1. The van der Waals surface area contributed by atoms with Crippen LogP contribution in [0.5, 0.6) is 5.75 Å². The van der Waals surface area contributed by atoms with E-state index in [0.29, 0.717) is 5.02 Å². The molecule has 2 aromatic rings. The lowest BCUT2D eigenvalue weighted by Gasteiger charge is -2.06. The van der Waals surface area contributed by atoms with Gasteiger partial charge in [0.15, 0.2) is 0 Å². The van der Waals surface area contributed by atoms with Crippen LogP contribution in [0.3, 0.4) is 0 Å². The Morgan fingerprint density at radius 3 is 2.93 bits per heavy atom.